The van der Waals surface area contributed by atoms with Gasteiger partial charge in [0.25, 0.3) is 0 Å². The van der Waals surface area contributed by atoms with Gasteiger partial charge in [-0.15, -0.1) is 0 Å². The molecule has 0 N–H and O–H groups in total. The van der Waals surface area contributed by atoms with Crippen LogP contribution in [0, 0.1) is 0 Å². The van der Waals surface area contributed by atoms with Gasteiger partial charge in [0.05, 0.1) is 0 Å². The van der Waals surface area contributed by atoms with Gasteiger partial charge in [-0.1, -0.05) is 36.4 Å². The van der Waals surface area contributed by atoms with Gasteiger partial charge in [0.1, 0.15) is 12.4 Å². The number of carbonyl (C=O) groups excluding carboxylic acids is 2. The van der Waals surface area contributed by atoms with E-state index in [4.69, 9.17) is 9.47 Å². The van der Waals surface area contributed by atoms with Crippen LogP contribution < -0.4 is 4.74 Å². The van der Waals surface area contributed by atoms with Gasteiger partial charge >= 0.3 is 12.2 Å². The van der Waals surface area contributed by atoms with Gasteiger partial charge in [-0.05, 0) is 63.9 Å². The maximum absolute atomic E-state index is 12.5. The minimum atomic E-state index is -0.434. The maximum Gasteiger partial charge on any atom is 0.414 e. The average molecular weight is 484 g/mol. The molecule has 35 heavy (non-hydrogen) atoms. The normalized spacial score (nSPS) is 12.1. The smallest absolute Gasteiger partial charge is 0.414 e. The molecule has 2 aromatic carbocycles. The molecule has 2 rings (SSSR count). The molecule has 7 nitrogen and oxygen atoms in total. The number of amides is 2. The second-order valence-electron chi connectivity index (χ2n) is 9.76. The highest BCUT2D eigenvalue weighted by molar-refractivity contribution is 5.71. The monoisotopic (exact) mass is 483 g/mol. The Morgan fingerprint density at radius 3 is 1.97 bits per heavy atom. The van der Waals surface area contributed by atoms with Crippen molar-refractivity contribution in [2.45, 2.75) is 58.7 Å². The Kier molecular flexibility index (Phi) is 10.6. The standard InChI is InChI=1S/C28H41N3O4/c1-20(2)31(21(3)4)17-16-24(23-12-10-9-11-13-23)25-18-22(19-34-27(32)29(5)6)14-15-26(25)35-28(33)30(7)8/h9-15,18,20-21,24H,16-17,19H2,1-8H3. The molecule has 0 bridgehead atoms. The lowest BCUT2D eigenvalue weighted by Crippen LogP contribution is -2.38. The molecule has 0 radical (unpaired) electrons. The second-order valence-corrected chi connectivity index (χ2v) is 9.76. The van der Waals surface area contributed by atoms with E-state index in [0.29, 0.717) is 17.8 Å². The zero-order valence-electron chi connectivity index (χ0n) is 22.4. The van der Waals surface area contributed by atoms with E-state index in [1.807, 2.05) is 30.3 Å². The Labute approximate surface area is 210 Å². The van der Waals surface area contributed by atoms with Crippen LogP contribution in [-0.4, -0.2) is 73.7 Å². The third-order valence-electron chi connectivity index (χ3n) is 5.94. The Morgan fingerprint density at radius 2 is 1.43 bits per heavy atom. The molecule has 0 heterocycles. The largest absolute Gasteiger partial charge is 0.445 e. The first-order valence-corrected chi connectivity index (χ1v) is 12.2. The van der Waals surface area contributed by atoms with Crippen molar-refractivity contribution >= 4 is 12.2 Å². The summed E-state index contributed by atoms with van der Waals surface area (Å²) >= 11 is 0. The van der Waals surface area contributed by atoms with Gasteiger partial charge < -0.3 is 19.3 Å². The highest BCUT2D eigenvalue weighted by Gasteiger charge is 2.24. The van der Waals surface area contributed by atoms with Crippen molar-refractivity contribution in [2.24, 2.45) is 0 Å². The summed E-state index contributed by atoms with van der Waals surface area (Å²) < 4.78 is 11.2. The van der Waals surface area contributed by atoms with Crippen molar-refractivity contribution in [3.05, 3.63) is 65.2 Å². The summed E-state index contributed by atoms with van der Waals surface area (Å²) in [5, 5.41) is 0. The molecule has 2 amide bonds. The van der Waals surface area contributed by atoms with Crippen LogP contribution in [0.2, 0.25) is 0 Å². The molecule has 1 atom stereocenters. The van der Waals surface area contributed by atoms with Crippen molar-refractivity contribution in [3.63, 3.8) is 0 Å². The minimum absolute atomic E-state index is 0.00865. The molecule has 0 aliphatic carbocycles. The SMILES string of the molecule is CC(C)N(CCC(c1ccccc1)c1cc(COC(=O)N(C)C)ccc1OC(=O)N(C)C)C(C)C. The maximum atomic E-state index is 12.5. The minimum Gasteiger partial charge on any atom is -0.445 e. The average Bonchev–Trinajstić information content (AvgIpc) is 2.81. The molecule has 0 aliphatic heterocycles. The summed E-state index contributed by atoms with van der Waals surface area (Å²) in [5.41, 5.74) is 2.88. The first kappa shape index (κ1) is 28.2. The predicted molar refractivity (Wildman–Crippen MR) is 140 cm³/mol. The third-order valence-corrected chi connectivity index (χ3v) is 5.94. The Bertz CT molecular complexity index is 950. The van der Waals surface area contributed by atoms with Crippen LogP contribution in [0.3, 0.4) is 0 Å². The van der Waals surface area contributed by atoms with Gasteiger partial charge in [0.2, 0.25) is 0 Å². The lowest BCUT2D eigenvalue weighted by Gasteiger charge is -2.32. The van der Waals surface area contributed by atoms with E-state index in [2.05, 4.69) is 44.7 Å². The van der Waals surface area contributed by atoms with Crippen molar-refractivity contribution in [2.75, 3.05) is 34.7 Å². The van der Waals surface area contributed by atoms with Crippen molar-refractivity contribution < 1.29 is 19.1 Å². The molecule has 0 fully saturated rings. The van der Waals surface area contributed by atoms with E-state index in [-0.39, 0.29) is 12.5 Å². The highest BCUT2D eigenvalue weighted by atomic mass is 16.6. The molecule has 2 aromatic rings. The van der Waals surface area contributed by atoms with Crippen LogP contribution in [0.1, 0.15) is 56.7 Å². The summed E-state index contributed by atoms with van der Waals surface area (Å²) in [6.07, 6.45) is 0.00278. The zero-order chi connectivity index (χ0) is 26.1. The van der Waals surface area contributed by atoms with Crippen LogP contribution >= 0.6 is 0 Å². The fourth-order valence-corrected chi connectivity index (χ4v) is 4.09. The summed E-state index contributed by atoms with van der Waals surface area (Å²) in [6.45, 7) is 9.86. The quantitative estimate of drug-likeness (QED) is 0.441. The number of rotatable bonds is 10. The number of hydrogen-bond donors (Lipinski definition) is 0. The molecule has 0 aromatic heterocycles. The first-order valence-electron chi connectivity index (χ1n) is 12.2. The van der Waals surface area contributed by atoms with Crippen LogP contribution in [0.5, 0.6) is 5.75 Å². The number of ether oxygens (including phenoxy) is 2. The summed E-state index contributed by atoms with van der Waals surface area (Å²) in [7, 11) is 6.63. The molecule has 0 saturated heterocycles. The Balaban J connectivity index is 2.50. The van der Waals surface area contributed by atoms with E-state index in [1.54, 1.807) is 34.3 Å². The number of benzene rings is 2. The van der Waals surface area contributed by atoms with E-state index >= 15 is 0 Å². The highest BCUT2D eigenvalue weighted by Crippen LogP contribution is 2.36. The van der Waals surface area contributed by atoms with Crippen molar-refractivity contribution in [1.29, 1.82) is 0 Å². The number of hydrogen-bond acceptors (Lipinski definition) is 5. The Morgan fingerprint density at radius 1 is 0.829 bits per heavy atom. The van der Waals surface area contributed by atoms with E-state index < -0.39 is 12.2 Å². The molecule has 0 saturated carbocycles. The molecule has 192 valence electrons. The van der Waals surface area contributed by atoms with E-state index in [0.717, 1.165) is 29.7 Å². The molecule has 1 unspecified atom stereocenters. The molecular formula is C28H41N3O4. The van der Waals surface area contributed by atoms with Crippen molar-refractivity contribution in [3.8, 4) is 5.75 Å². The van der Waals surface area contributed by atoms with Gasteiger partial charge in [-0.3, -0.25) is 4.90 Å². The lowest BCUT2D eigenvalue weighted by molar-refractivity contribution is 0.112. The number of carbonyl (C=O) groups is 2. The van der Waals surface area contributed by atoms with E-state index in [1.165, 1.54) is 9.80 Å². The summed E-state index contributed by atoms with van der Waals surface area (Å²) in [4.78, 5) is 29.7. The summed E-state index contributed by atoms with van der Waals surface area (Å²) in [6, 6.07) is 16.7. The first-order chi connectivity index (χ1) is 16.5. The van der Waals surface area contributed by atoms with Crippen LogP contribution in [0.4, 0.5) is 9.59 Å². The molecule has 0 aliphatic rings. The zero-order valence-corrected chi connectivity index (χ0v) is 22.4. The third kappa shape index (κ3) is 8.28. The van der Waals surface area contributed by atoms with Crippen LogP contribution in [0.25, 0.3) is 0 Å². The van der Waals surface area contributed by atoms with Gasteiger partial charge in [0, 0.05) is 51.8 Å². The fraction of sp³-hybridized carbons (Fsp3) is 0.500. The predicted octanol–water partition coefficient (Wildman–Crippen LogP) is 5.59. The molecule has 0 spiro atoms. The van der Waals surface area contributed by atoms with Crippen LogP contribution in [0.15, 0.2) is 48.5 Å². The van der Waals surface area contributed by atoms with E-state index in [9.17, 15) is 9.59 Å². The van der Waals surface area contributed by atoms with Gasteiger partial charge in [-0.25, -0.2) is 9.59 Å². The summed E-state index contributed by atoms with van der Waals surface area (Å²) in [5.74, 6) is 0.506. The molecule has 7 heteroatoms. The topological polar surface area (TPSA) is 62.3 Å². The van der Waals surface area contributed by atoms with Gasteiger partial charge in [0.15, 0.2) is 0 Å². The lowest BCUT2D eigenvalue weighted by atomic mass is 9.86. The fourth-order valence-electron chi connectivity index (χ4n) is 4.09. The van der Waals surface area contributed by atoms with Crippen molar-refractivity contribution in [1.82, 2.24) is 14.7 Å². The Hall–Kier alpha value is -3.06. The number of nitrogens with zero attached hydrogens (tertiary/aromatic N) is 3. The van der Waals surface area contributed by atoms with Crippen LogP contribution in [-0.2, 0) is 11.3 Å². The second kappa shape index (κ2) is 13.1. The molecular weight excluding hydrogens is 442 g/mol. The van der Waals surface area contributed by atoms with Gasteiger partial charge in [-0.2, -0.15) is 0 Å².